The normalized spacial score (nSPS) is 22.4. The highest BCUT2D eigenvalue weighted by Gasteiger charge is 2.36. The van der Waals surface area contributed by atoms with Crippen molar-refractivity contribution in [3.05, 3.63) is 35.9 Å². The third-order valence-corrected chi connectivity index (χ3v) is 2.61. The largest absolute Gasteiger partial charge is 0.350 e. The van der Waals surface area contributed by atoms with E-state index in [2.05, 4.69) is 5.32 Å². The molecule has 0 aromatic heterocycles. The van der Waals surface area contributed by atoms with E-state index in [4.69, 9.17) is 9.47 Å². The maximum absolute atomic E-state index is 11.8. The average molecular weight is 235 g/mol. The Morgan fingerprint density at radius 1 is 1.41 bits per heavy atom. The second-order valence-corrected chi connectivity index (χ2v) is 4.52. The van der Waals surface area contributed by atoms with E-state index in [0.717, 1.165) is 5.56 Å². The van der Waals surface area contributed by atoms with Crippen LogP contribution in [0.5, 0.6) is 0 Å². The molecule has 17 heavy (non-hydrogen) atoms. The Morgan fingerprint density at radius 2 is 2.12 bits per heavy atom. The zero-order chi connectivity index (χ0) is 12.3. The predicted octanol–water partition coefficient (Wildman–Crippen LogP) is 1.45. The summed E-state index contributed by atoms with van der Waals surface area (Å²) in [4.78, 5) is 11.8. The first kappa shape index (κ1) is 12.1. The summed E-state index contributed by atoms with van der Waals surface area (Å²) in [5.41, 5.74) is 1.07. The summed E-state index contributed by atoms with van der Waals surface area (Å²) in [6, 6.07) is 9.77. The molecule has 1 aliphatic rings. The van der Waals surface area contributed by atoms with Crippen LogP contribution in [0, 0.1) is 0 Å². The molecule has 0 radical (unpaired) electrons. The summed E-state index contributed by atoms with van der Waals surface area (Å²) in [7, 11) is 0. The second kappa shape index (κ2) is 4.85. The highest BCUT2D eigenvalue weighted by molar-refractivity contribution is 5.81. The van der Waals surface area contributed by atoms with Crippen LogP contribution >= 0.6 is 0 Å². The molecule has 2 rings (SSSR count). The molecule has 1 aromatic carbocycles. The molecule has 1 N–H and O–H groups in total. The van der Waals surface area contributed by atoms with Crippen LogP contribution in [0.2, 0.25) is 0 Å². The van der Waals surface area contributed by atoms with Gasteiger partial charge in [0.2, 0.25) is 0 Å². The molecule has 4 nitrogen and oxygen atoms in total. The fourth-order valence-electron chi connectivity index (χ4n) is 1.72. The van der Waals surface area contributed by atoms with E-state index in [1.807, 2.05) is 30.3 Å². The van der Waals surface area contributed by atoms with Crippen molar-refractivity contribution in [2.24, 2.45) is 0 Å². The summed E-state index contributed by atoms with van der Waals surface area (Å²) in [6.45, 7) is 4.43. The maximum Gasteiger partial charge on any atom is 0.251 e. The van der Waals surface area contributed by atoms with Crippen molar-refractivity contribution in [2.75, 3.05) is 6.61 Å². The Morgan fingerprint density at radius 3 is 2.71 bits per heavy atom. The number of hydrogen-bond donors (Lipinski definition) is 1. The number of benzene rings is 1. The Labute approximate surface area is 101 Å². The molecule has 0 bridgehead atoms. The molecule has 1 heterocycles. The van der Waals surface area contributed by atoms with Gasteiger partial charge < -0.3 is 14.8 Å². The Bertz CT molecular complexity index is 389. The van der Waals surface area contributed by atoms with Crippen LogP contribution in [0.1, 0.15) is 19.4 Å². The van der Waals surface area contributed by atoms with Gasteiger partial charge in [0.05, 0.1) is 6.61 Å². The molecule has 92 valence electrons. The molecule has 1 aliphatic heterocycles. The molecular formula is C13H17NO3. The summed E-state index contributed by atoms with van der Waals surface area (Å²) in [5.74, 6) is -0.784. The van der Waals surface area contributed by atoms with E-state index in [0.29, 0.717) is 13.2 Å². The van der Waals surface area contributed by atoms with Crippen LogP contribution in [0.3, 0.4) is 0 Å². The Kier molecular flexibility index (Phi) is 3.45. The van der Waals surface area contributed by atoms with Crippen molar-refractivity contribution in [2.45, 2.75) is 32.3 Å². The lowest BCUT2D eigenvalue weighted by molar-refractivity contribution is -0.153. The smallest absolute Gasteiger partial charge is 0.251 e. The summed E-state index contributed by atoms with van der Waals surface area (Å²) in [6.07, 6.45) is -0.506. The van der Waals surface area contributed by atoms with Gasteiger partial charge in [-0.1, -0.05) is 30.3 Å². The molecule has 1 fully saturated rings. The number of carbonyl (C=O) groups is 1. The monoisotopic (exact) mass is 235 g/mol. The zero-order valence-corrected chi connectivity index (χ0v) is 10.1. The highest BCUT2D eigenvalue weighted by Crippen LogP contribution is 2.22. The van der Waals surface area contributed by atoms with Crippen molar-refractivity contribution in [3.63, 3.8) is 0 Å². The molecule has 1 atom stereocenters. The number of carbonyl (C=O) groups excluding carboxylic acids is 1. The Hall–Kier alpha value is -1.39. The number of rotatable bonds is 3. The zero-order valence-electron chi connectivity index (χ0n) is 10.1. The van der Waals surface area contributed by atoms with Gasteiger partial charge in [0, 0.05) is 6.54 Å². The molecule has 0 saturated carbocycles. The molecule has 0 unspecified atom stereocenters. The van der Waals surface area contributed by atoms with E-state index in [1.165, 1.54) is 0 Å². The summed E-state index contributed by atoms with van der Waals surface area (Å²) in [5, 5.41) is 2.83. The number of nitrogens with one attached hydrogen (secondary N) is 1. The molecule has 4 heteroatoms. The van der Waals surface area contributed by atoms with E-state index in [9.17, 15) is 4.79 Å². The molecule has 0 aliphatic carbocycles. The topological polar surface area (TPSA) is 47.6 Å². The van der Waals surface area contributed by atoms with Gasteiger partial charge in [0.1, 0.15) is 0 Å². The van der Waals surface area contributed by atoms with Crippen LogP contribution in [0.25, 0.3) is 0 Å². The van der Waals surface area contributed by atoms with Crippen LogP contribution in [0.15, 0.2) is 30.3 Å². The molecule has 0 spiro atoms. The SMILES string of the molecule is CC1(C)OC[C@H](C(=O)NCc2ccccc2)O1. The minimum Gasteiger partial charge on any atom is -0.350 e. The lowest BCUT2D eigenvalue weighted by Crippen LogP contribution is -2.36. The number of amides is 1. The van der Waals surface area contributed by atoms with E-state index in [1.54, 1.807) is 13.8 Å². The Balaban J connectivity index is 1.83. The van der Waals surface area contributed by atoms with Crippen LogP contribution in [-0.4, -0.2) is 24.4 Å². The highest BCUT2D eigenvalue weighted by atomic mass is 16.7. The standard InChI is InChI=1S/C13H17NO3/c1-13(2)16-9-11(17-13)12(15)14-8-10-6-4-3-5-7-10/h3-7,11H,8-9H2,1-2H3,(H,14,15)/t11-/m1/s1. The first-order valence-corrected chi connectivity index (χ1v) is 5.70. The molecule has 1 amide bonds. The third-order valence-electron chi connectivity index (χ3n) is 2.61. The van der Waals surface area contributed by atoms with Crippen molar-refractivity contribution in [3.8, 4) is 0 Å². The van der Waals surface area contributed by atoms with Gasteiger partial charge in [-0.2, -0.15) is 0 Å². The van der Waals surface area contributed by atoms with Gasteiger partial charge >= 0.3 is 0 Å². The molecular weight excluding hydrogens is 218 g/mol. The van der Waals surface area contributed by atoms with Crippen LogP contribution in [-0.2, 0) is 20.8 Å². The van der Waals surface area contributed by atoms with E-state index < -0.39 is 11.9 Å². The van der Waals surface area contributed by atoms with E-state index >= 15 is 0 Å². The second-order valence-electron chi connectivity index (χ2n) is 4.52. The van der Waals surface area contributed by atoms with Crippen LogP contribution in [0.4, 0.5) is 0 Å². The minimum absolute atomic E-state index is 0.126. The number of hydrogen-bond acceptors (Lipinski definition) is 3. The van der Waals surface area contributed by atoms with Gasteiger partial charge in [-0.25, -0.2) is 0 Å². The van der Waals surface area contributed by atoms with Gasteiger partial charge in [-0.05, 0) is 19.4 Å². The molecule has 1 saturated heterocycles. The van der Waals surface area contributed by atoms with E-state index in [-0.39, 0.29) is 5.91 Å². The quantitative estimate of drug-likeness (QED) is 0.862. The first-order valence-electron chi connectivity index (χ1n) is 5.70. The minimum atomic E-state index is -0.658. The van der Waals surface area contributed by atoms with Gasteiger partial charge in [0.25, 0.3) is 5.91 Å². The van der Waals surface area contributed by atoms with Crippen molar-refractivity contribution in [1.82, 2.24) is 5.32 Å². The van der Waals surface area contributed by atoms with Crippen molar-refractivity contribution >= 4 is 5.91 Å². The lowest BCUT2D eigenvalue weighted by atomic mass is 10.2. The fourth-order valence-corrected chi connectivity index (χ4v) is 1.72. The van der Waals surface area contributed by atoms with Gasteiger partial charge in [-0.3, -0.25) is 4.79 Å². The van der Waals surface area contributed by atoms with Crippen LogP contribution < -0.4 is 5.32 Å². The summed E-state index contributed by atoms with van der Waals surface area (Å²) >= 11 is 0. The average Bonchev–Trinajstić information content (AvgIpc) is 2.68. The molecule has 1 aromatic rings. The maximum atomic E-state index is 11.8. The third kappa shape index (κ3) is 3.28. The van der Waals surface area contributed by atoms with Gasteiger partial charge in [-0.15, -0.1) is 0 Å². The van der Waals surface area contributed by atoms with Gasteiger partial charge in [0.15, 0.2) is 11.9 Å². The number of ether oxygens (including phenoxy) is 2. The fraction of sp³-hybridized carbons (Fsp3) is 0.462. The predicted molar refractivity (Wildman–Crippen MR) is 63.2 cm³/mol. The van der Waals surface area contributed by atoms with Crippen molar-refractivity contribution in [1.29, 1.82) is 0 Å². The van der Waals surface area contributed by atoms with Crippen molar-refractivity contribution < 1.29 is 14.3 Å². The lowest BCUT2D eigenvalue weighted by Gasteiger charge is -2.16. The first-order chi connectivity index (χ1) is 8.07. The summed E-state index contributed by atoms with van der Waals surface area (Å²) < 4.78 is 10.8.